The summed E-state index contributed by atoms with van der Waals surface area (Å²) in [6.07, 6.45) is 0. The van der Waals surface area contributed by atoms with E-state index in [2.05, 4.69) is 10.3 Å². The summed E-state index contributed by atoms with van der Waals surface area (Å²) < 4.78 is 28.8. The van der Waals surface area contributed by atoms with Crippen LogP contribution in [-0.4, -0.2) is 9.55 Å². The van der Waals surface area contributed by atoms with E-state index in [9.17, 15) is 13.6 Å². The third-order valence-corrected chi connectivity index (χ3v) is 4.36. The van der Waals surface area contributed by atoms with E-state index in [1.165, 1.54) is 4.57 Å². The SMILES string of the molecule is O=c1[nH]c(NCc2ccccc2)c(-c2ccccc2)n1-c1cc(F)cc(F)c1. The van der Waals surface area contributed by atoms with E-state index in [1.807, 2.05) is 60.7 Å². The molecule has 0 aliphatic carbocycles. The summed E-state index contributed by atoms with van der Waals surface area (Å²) in [6.45, 7) is 0.484. The van der Waals surface area contributed by atoms with Crippen LogP contribution in [0.4, 0.5) is 14.6 Å². The Morgan fingerprint density at radius 1 is 0.857 bits per heavy atom. The number of aromatic nitrogens is 2. The lowest BCUT2D eigenvalue weighted by Crippen LogP contribution is -2.16. The lowest BCUT2D eigenvalue weighted by molar-refractivity contribution is 0.581. The van der Waals surface area contributed by atoms with Crippen LogP contribution in [0.2, 0.25) is 0 Å². The predicted molar refractivity (Wildman–Crippen MR) is 106 cm³/mol. The lowest BCUT2D eigenvalue weighted by Gasteiger charge is -2.12. The minimum atomic E-state index is -0.749. The van der Waals surface area contributed by atoms with Gasteiger partial charge in [-0.3, -0.25) is 9.55 Å². The molecule has 4 rings (SSSR count). The molecule has 0 atom stereocenters. The average molecular weight is 377 g/mol. The fraction of sp³-hybridized carbons (Fsp3) is 0.0455. The van der Waals surface area contributed by atoms with Crippen molar-refractivity contribution in [1.29, 1.82) is 0 Å². The van der Waals surface area contributed by atoms with E-state index < -0.39 is 17.3 Å². The molecule has 4 nitrogen and oxygen atoms in total. The van der Waals surface area contributed by atoms with Crippen LogP contribution in [-0.2, 0) is 6.54 Å². The topological polar surface area (TPSA) is 49.8 Å². The Kier molecular flexibility index (Phi) is 4.76. The van der Waals surface area contributed by atoms with Crippen LogP contribution >= 0.6 is 0 Å². The molecule has 0 spiro atoms. The predicted octanol–water partition coefficient (Wildman–Crippen LogP) is 4.72. The Labute approximate surface area is 160 Å². The summed E-state index contributed by atoms with van der Waals surface area (Å²) in [5.41, 5.74) is 1.91. The summed E-state index contributed by atoms with van der Waals surface area (Å²) in [5, 5.41) is 3.22. The molecule has 4 aromatic rings. The molecule has 0 bridgehead atoms. The highest BCUT2D eigenvalue weighted by molar-refractivity contribution is 5.74. The smallest absolute Gasteiger partial charge is 0.332 e. The molecule has 2 N–H and O–H groups in total. The van der Waals surface area contributed by atoms with Crippen LogP contribution in [0.25, 0.3) is 16.9 Å². The van der Waals surface area contributed by atoms with Crippen LogP contribution in [0, 0.1) is 11.6 Å². The molecule has 0 unspecified atom stereocenters. The van der Waals surface area contributed by atoms with E-state index >= 15 is 0 Å². The maximum atomic E-state index is 13.8. The second-order valence-corrected chi connectivity index (χ2v) is 6.32. The molecule has 1 aromatic heterocycles. The molecule has 6 heteroatoms. The number of hydrogen-bond donors (Lipinski definition) is 2. The van der Waals surface area contributed by atoms with Gasteiger partial charge in [-0.25, -0.2) is 13.6 Å². The summed E-state index contributed by atoms with van der Waals surface area (Å²) in [4.78, 5) is 15.5. The monoisotopic (exact) mass is 377 g/mol. The largest absolute Gasteiger partial charge is 0.366 e. The minimum absolute atomic E-state index is 0.116. The number of nitrogens with one attached hydrogen (secondary N) is 2. The van der Waals surface area contributed by atoms with Gasteiger partial charge in [-0.1, -0.05) is 60.7 Å². The van der Waals surface area contributed by atoms with E-state index in [0.29, 0.717) is 18.1 Å². The van der Waals surface area contributed by atoms with Crippen LogP contribution < -0.4 is 11.0 Å². The zero-order valence-corrected chi connectivity index (χ0v) is 14.8. The molecule has 0 fully saturated rings. The number of benzene rings is 3. The van der Waals surface area contributed by atoms with Gasteiger partial charge in [-0.2, -0.15) is 0 Å². The van der Waals surface area contributed by atoms with Gasteiger partial charge >= 0.3 is 5.69 Å². The first-order valence-corrected chi connectivity index (χ1v) is 8.76. The Bertz CT molecular complexity index is 1130. The molecule has 0 saturated heterocycles. The first kappa shape index (κ1) is 17.7. The molecule has 1 heterocycles. The van der Waals surface area contributed by atoms with Crippen molar-refractivity contribution < 1.29 is 8.78 Å². The number of aromatic amines is 1. The summed E-state index contributed by atoms with van der Waals surface area (Å²) in [6, 6.07) is 22.0. The first-order chi connectivity index (χ1) is 13.6. The standard InChI is InChI=1S/C22H17F2N3O/c23-17-11-18(24)13-19(12-17)27-20(16-9-5-2-6-10-16)21(26-22(27)28)25-14-15-7-3-1-4-8-15/h1-13,25H,14H2,(H,26,28). The number of nitrogens with zero attached hydrogens (tertiary/aromatic N) is 1. The molecule has 28 heavy (non-hydrogen) atoms. The van der Waals surface area contributed by atoms with Gasteiger partial charge in [0.15, 0.2) is 0 Å². The fourth-order valence-electron chi connectivity index (χ4n) is 3.13. The van der Waals surface area contributed by atoms with Gasteiger partial charge in [0.25, 0.3) is 0 Å². The van der Waals surface area contributed by atoms with Gasteiger partial charge in [0.05, 0.1) is 11.4 Å². The fourth-order valence-corrected chi connectivity index (χ4v) is 3.13. The van der Waals surface area contributed by atoms with Crippen LogP contribution in [0.5, 0.6) is 0 Å². The molecule has 0 radical (unpaired) electrons. The normalized spacial score (nSPS) is 10.8. The maximum Gasteiger partial charge on any atom is 0.332 e. The minimum Gasteiger partial charge on any atom is -0.366 e. The molecule has 0 aliphatic heterocycles. The van der Waals surface area contributed by atoms with Crippen molar-refractivity contribution in [2.45, 2.75) is 6.54 Å². The highest BCUT2D eigenvalue weighted by atomic mass is 19.1. The van der Waals surface area contributed by atoms with E-state index in [4.69, 9.17) is 0 Å². The first-order valence-electron chi connectivity index (χ1n) is 8.76. The molecule has 140 valence electrons. The quantitative estimate of drug-likeness (QED) is 0.529. The van der Waals surface area contributed by atoms with Gasteiger partial charge in [-0.05, 0) is 17.7 Å². The van der Waals surface area contributed by atoms with E-state index in [-0.39, 0.29) is 5.69 Å². The van der Waals surface area contributed by atoms with Gasteiger partial charge < -0.3 is 5.32 Å². The molecule has 0 saturated carbocycles. The molecule has 3 aromatic carbocycles. The van der Waals surface area contributed by atoms with Crippen molar-refractivity contribution in [3.05, 3.63) is 107 Å². The van der Waals surface area contributed by atoms with Crippen molar-refractivity contribution in [1.82, 2.24) is 9.55 Å². The Balaban J connectivity index is 1.84. The highest BCUT2D eigenvalue weighted by Crippen LogP contribution is 2.29. The average Bonchev–Trinajstić information content (AvgIpc) is 3.03. The number of rotatable bonds is 5. The van der Waals surface area contributed by atoms with E-state index in [0.717, 1.165) is 29.3 Å². The van der Waals surface area contributed by atoms with Gasteiger partial charge in [0.2, 0.25) is 0 Å². The van der Waals surface area contributed by atoms with Gasteiger partial charge in [0.1, 0.15) is 17.5 Å². The molecule has 0 aliphatic rings. The van der Waals surface area contributed by atoms with Crippen LogP contribution in [0.3, 0.4) is 0 Å². The molecular weight excluding hydrogens is 360 g/mol. The second kappa shape index (κ2) is 7.52. The number of hydrogen-bond acceptors (Lipinski definition) is 2. The number of imidazole rings is 1. The number of anilines is 1. The zero-order valence-electron chi connectivity index (χ0n) is 14.8. The Morgan fingerprint density at radius 2 is 1.46 bits per heavy atom. The zero-order chi connectivity index (χ0) is 19.5. The van der Waals surface area contributed by atoms with Crippen molar-refractivity contribution in [2.24, 2.45) is 0 Å². The van der Waals surface area contributed by atoms with E-state index in [1.54, 1.807) is 0 Å². The van der Waals surface area contributed by atoms with Crippen molar-refractivity contribution in [2.75, 3.05) is 5.32 Å². The van der Waals surface area contributed by atoms with Crippen LogP contribution in [0.15, 0.2) is 83.7 Å². The highest BCUT2D eigenvalue weighted by Gasteiger charge is 2.18. The number of halogens is 2. The maximum absolute atomic E-state index is 13.8. The Morgan fingerprint density at radius 3 is 2.11 bits per heavy atom. The summed E-state index contributed by atoms with van der Waals surface area (Å²) >= 11 is 0. The van der Waals surface area contributed by atoms with Crippen molar-refractivity contribution in [3.8, 4) is 16.9 Å². The van der Waals surface area contributed by atoms with Gasteiger partial charge in [-0.15, -0.1) is 0 Å². The summed E-state index contributed by atoms with van der Waals surface area (Å²) in [5.74, 6) is -1.02. The number of H-pyrrole nitrogens is 1. The van der Waals surface area contributed by atoms with Crippen LogP contribution in [0.1, 0.15) is 5.56 Å². The second-order valence-electron chi connectivity index (χ2n) is 6.32. The van der Waals surface area contributed by atoms with Crippen molar-refractivity contribution >= 4 is 5.82 Å². The third-order valence-electron chi connectivity index (χ3n) is 4.36. The van der Waals surface area contributed by atoms with Gasteiger partial charge in [0, 0.05) is 18.2 Å². The lowest BCUT2D eigenvalue weighted by atomic mass is 10.1. The Hall–Kier alpha value is -3.67. The third kappa shape index (κ3) is 3.57. The summed E-state index contributed by atoms with van der Waals surface area (Å²) in [7, 11) is 0. The molecular formula is C22H17F2N3O. The molecule has 0 amide bonds. The van der Waals surface area contributed by atoms with Crippen molar-refractivity contribution in [3.63, 3.8) is 0 Å².